The van der Waals surface area contributed by atoms with Crippen molar-refractivity contribution >= 4 is 24.4 Å². The first kappa shape index (κ1) is 13.3. The molecule has 1 aliphatic rings. The molecule has 5 nitrogen and oxygen atoms in total. The highest BCUT2D eigenvalue weighted by atomic mass is 32.1. The number of carbonyl (C=O) groups is 2. The van der Waals surface area contributed by atoms with Crippen LogP contribution in [-0.4, -0.2) is 54.7 Å². The predicted molar refractivity (Wildman–Crippen MR) is 65.5 cm³/mol. The topological polar surface area (TPSA) is 61.4 Å². The van der Waals surface area contributed by atoms with E-state index in [2.05, 4.69) is 23.3 Å². The van der Waals surface area contributed by atoms with E-state index in [4.69, 9.17) is 0 Å². The lowest BCUT2D eigenvalue weighted by atomic mass is 10.2. The summed E-state index contributed by atoms with van der Waals surface area (Å²) in [6, 6.07) is -0.501. The normalized spacial score (nSPS) is 18.8. The van der Waals surface area contributed by atoms with Gasteiger partial charge < -0.3 is 15.5 Å². The second kappa shape index (κ2) is 6.75. The van der Waals surface area contributed by atoms with Gasteiger partial charge in [-0.25, -0.2) is 0 Å². The second-order valence-corrected chi connectivity index (χ2v) is 4.23. The molecule has 2 amide bonds. The zero-order valence-corrected chi connectivity index (χ0v) is 10.4. The average Bonchev–Trinajstić information content (AvgIpc) is 2.53. The number of hydrogen-bond donors (Lipinski definition) is 3. The summed E-state index contributed by atoms with van der Waals surface area (Å²) in [4.78, 5) is 24.8. The first-order valence-electron chi connectivity index (χ1n) is 5.52. The van der Waals surface area contributed by atoms with Crippen molar-refractivity contribution in [3.05, 3.63) is 0 Å². The maximum Gasteiger partial charge on any atom is 0.246 e. The van der Waals surface area contributed by atoms with E-state index < -0.39 is 6.04 Å². The maximum absolute atomic E-state index is 12.1. The van der Waals surface area contributed by atoms with Crippen molar-refractivity contribution in [3.63, 3.8) is 0 Å². The van der Waals surface area contributed by atoms with Crippen LogP contribution in [0.4, 0.5) is 0 Å². The largest absolute Gasteiger partial charge is 0.344 e. The first-order chi connectivity index (χ1) is 7.65. The van der Waals surface area contributed by atoms with Gasteiger partial charge in [0.05, 0.1) is 0 Å². The standard InChI is InChI=1S/C10H19N3O2S/c1-8(14)12-9(7-16)10(15)13-5-2-3-11-4-6-13/h9,11,16H,2-7H2,1H3,(H,12,14). The molecule has 1 atom stereocenters. The highest BCUT2D eigenvalue weighted by Gasteiger charge is 2.24. The molecule has 0 bridgehead atoms. The quantitative estimate of drug-likeness (QED) is 0.573. The summed E-state index contributed by atoms with van der Waals surface area (Å²) in [7, 11) is 0. The molecule has 0 spiro atoms. The number of thiol groups is 1. The molecule has 1 unspecified atom stereocenters. The van der Waals surface area contributed by atoms with Gasteiger partial charge in [0.15, 0.2) is 0 Å². The second-order valence-electron chi connectivity index (χ2n) is 3.86. The predicted octanol–water partition coefficient (Wildman–Crippen LogP) is -0.757. The van der Waals surface area contributed by atoms with Gasteiger partial charge in [-0.2, -0.15) is 12.6 Å². The van der Waals surface area contributed by atoms with Gasteiger partial charge in [0.2, 0.25) is 11.8 Å². The Hall–Kier alpha value is -0.750. The van der Waals surface area contributed by atoms with Crippen molar-refractivity contribution in [2.75, 3.05) is 31.9 Å². The molecule has 0 aromatic heterocycles. The molecule has 1 rings (SSSR count). The van der Waals surface area contributed by atoms with Crippen molar-refractivity contribution in [1.29, 1.82) is 0 Å². The smallest absolute Gasteiger partial charge is 0.246 e. The minimum atomic E-state index is -0.501. The van der Waals surface area contributed by atoms with Crippen LogP contribution in [-0.2, 0) is 9.59 Å². The molecule has 1 fully saturated rings. The fourth-order valence-electron chi connectivity index (χ4n) is 1.72. The Morgan fingerprint density at radius 3 is 2.81 bits per heavy atom. The molecule has 0 radical (unpaired) electrons. The number of carbonyl (C=O) groups excluding carboxylic acids is 2. The number of rotatable bonds is 3. The van der Waals surface area contributed by atoms with E-state index >= 15 is 0 Å². The molecular formula is C10H19N3O2S. The van der Waals surface area contributed by atoms with E-state index in [9.17, 15) is 9.59 Å². The maximum atomic E-state index is 12.1. The molecule has 1 heterocycles. The van der Waals surface area contributed by atoms with Crippen LogP contribution in [0.15, 0.2) is 0 Å². The van der Waals surface area contributed by atoms with E-state index in [0.717, 1.165) is 26.1 Å². The summed E-state index contributed by atoms with van der Waals surface area (Å²) in [6.07, 6.45) is 0.950. The molecule has 1 aliphatic heterocycles. The summed E-state index contributed by atoms with van der Waals surface area (Å²) >= 11 is 4.10. The number of nitrogens with zero attached hydrogens (tertiary/aromatic N) is 1. The monoisotopic (exact) mass is 245 g/mol. The van der Waals surface area contributed by atoms with Gasteiger partial charge >= 0.3 is 0 Å². The molecule has 92 valence electrons. The Bertz CT molecular complexity index is 252. The summed E-state index contributed by atoms with van der Waals surface area (Å²) in [5, 5.41) is 5.85. The van der Waals surface area contributed by atoms with E-state index in [0.29, 0.717) is 12.3 Å². The van der Waals surface area contributed by atoms with Gasteiger partial charge in [-0.15, -0.1) is 0 Å². The Morgan fingerprint density at radius 1 is 1.44 bits per heavy atom. The van der Waals surface area contributed by atoms with Crippen LogP contribution in [0.1, 0.15) is 13.3 Å². The average molecular weight is 245 g/mol. The van der Waals surface area contributed by atoms with E-state index in [1.54, 1.807) is 4.90 Å². The van der Waals surface area contributed by atoms with Crippen LogP contribution < -0.4 is 10.6 Å². The third-order valence-corrected chi connectivity index (χ3v) is 2.88. The number of amides is 2. The van der Waals surface area contributed by atoms with Gasteiger partial charge in [0, 0.05) is 32.3 Å². The van der Waals surface area contributed by atoms with Crippen LogP contribution in [0.25, 0.3) is 0 Å². The lowest BCUT2D eigenvalue weighted by Crippen LogP contribution is -2.50. The third-order valence-electron chi connectivity index (χ3n) is 2.51. The van der Waals surface area contributed by atoms with Crippen molar-refractivity contribution in [1.82, 2.24) is 15.5 Å². The van der Waals surface area contributed by atoms with Crippen molar-refractivity contribution < 1.29 is 9.59 Å². The SMILES string of the molecule is CC(=O)NC(CS)C(=O)N1CCCNCC1. The molecule has 16 heavy (non-hydrogen) atoms. The number of nitrogens with one attached hydrogen (secondary N) is 2. The first-order valence-corrected chi connectivity index (χ1v) is 6.16. The minimum absolute atomic E-state index is 0.0334. The van der Waals surface area contributed by atoms with Crippen molar-refractivity contribution in [2.24, 2.45) is 0 Å². The zero-order valence-electron chi connectivity index (χ0n) is 9.53. The van der Waals surface area contributed by atoms with Crippen molar-refractivity contribution in [2.45, 2.75) is 19.4 Å². The van der Waals surface area contributed by atoms with Gasteiger partial charge in [-0.1, -0.05) is 0 Å². The van der Waals surface area contributed by atoms with Gasteiger partial charge in [0.1, 0.15) is 6.04 Å². The fraction of sp³-hybridized carbons (Fsp3) is 0.800. The molecular weight excluding hydrogens is 226 g/mol. The number of hydrogen-bond acceptors (Lipinski definition) is 4. The summed E-state index contributed by atoms with van der Waals surface area (Å²) in [5.74, 6) is 0.108. The van der Waals surface area contributed by atoms with E-state index in [1.807, 2.05) is 0 Å². The van der Waals surface area contributed by atoms with Gasteiger partial charge in [0.25, 0.3) is 0 Å². The molecule has 0 aromatic rings. The molecule has 0 aliphatic carbocycles. The zero-order chi connectivity index (χ0) is 12.0. The van der Waals surface area contributed by atoms with Crippen LogP contribution in [0.5, 0.6) is 0 Å². The van der Waals surface area contributed by atoms with Crippen molar-refractivity contribution in [3.8, 4) is 0 Å². The van der Waals surface area contributed by atoms with Gasteiger partial charge in [-0.3, -0.25) is 9.59 Å². The Labute approximate surface area is 101 Å². The van der Waals surface area contributed by atoms with Crippen LogP contribution in [0.3, 0.4) is 0 Å². The Kier molecular flexibility index (Phi) is 5.62. The summed E-state index contributed by atoms with van der Waals surface area (Å²) < 4.78 is 0. The lowest BCUT2D eigenvalue weighted by molar-refractivity contribution is -0.135. The van der Waals surface area contributed by atoms with E-state index in [-0.39, 0.29) is 11.8 Å². The summed E-state index contributed by atoms with van der Waals surface area (Å²) in [6.45, 7) is 4.60. The molecule has 0 aromatic carbocycles. The lowest BCUT2D eigenvalue weighted by Gasteiger charge is -2.25. The fourth-order valence-corrected chi connectivity index (χ4v) is 1.96. The Balaban J connectivity index is 2.54. The molecule has 0 saturated carbocycles. The minimum Gasteiger partial charge on any atom is -0.344 e. The van der Waals surface area contributed by atoms with Gasteiger partial charge in [-0.05, 0) is 13.0 Å². The molecule has 2 N–H and O–H groups in total. The highest BCUT2D eigenvalue weighted by molar-refractivity contribution is 7.80. The van der Waals surface area contributed by atoms with E-state index in [1.165, 1.54) is 6.92 Å². The molecule has 1 saturated heterocycles. The summed E-state index contributed by atoms with van der Waals surface area (Å²) in [5.41, 5.74) is 0. The highest BCUT2D eigenvalue weighted by Crippen LogP contribution is 2.01. The van der Waals surface area contributed by atoms with Crippen LogP contribution in [0, 0.1) is 0 Å². The molecule has 6 heteroatoms. The Morgan fingerprint density at radius 2 is 2.19 bits per heavy atom. The third kappa shape index (κ3) is 4.02. The van der Waals surface area contributed by atoms with Crippen LogP contribution in [0.2, 0.25) is 0 Å². The van der Waals surface area contributed by atoms with Crippen LogP contribution >= 0.6 is 12.6 Å².